The molecule has 0 unspecified atom stereocenters. The maximum Gasteiger partial charge on any atom is 0.329 e. The average molecular weight is 530 g/mol. The maximum absolute atomic E-state index is 13.6. The highest BCUT2D eigenvalue weighted by Gasteiger charge is 2.35. The van der Waals surface area contributed by atoms with E-state index in [2.05, 4.69) is 5.32 Å². The van der Waals surface area contributed by atoms with E-state index in [-0.39, 0.29) is 50.5 Å². The number of fused-ring (bicyclic) bond motifs is 5. The Bertz CT molecular complexity index is 1170. The van der Waals surface area contributed by atoms with Gasteiger partial charge in [0.25, 0.3) is 0 Å². The Morgan fingerprint density at radius 3 is 2.21 bits per heavy atom. The number of likely N-dealkylation sites (N-methyl/N-ethyl adjacent to an activating group) is 1. The second kappa shape index (κ2) is 12.7. The largest absolute Gasteiger partial charge is 0.508 e. The minimum atomic E-state index is -1.27. The normalized spacial score (nSPS) is 21.2. The number of hydrogen-bond acceptors (Lipinski definition) is 10. The molecular weight excluding hydrogens is 494 g/mol. The summed E-state index contributed by atoms with van der Waals surface area (Å²) in [5.74, 6) is -2.30. The fourth-order valence-electron chi connectivity index (χ4n) is 4.30. The zero-order chi connectivity index (χ0) is 28.0. The van der Waals surface area contributed by atoms with E-state index in [1.165, 1.54) is 19.2 Å². The van der Waals surface area contributed by atoms with Crippen molar-refractivity contribution in [1.29, 1.82) is 0 Å². The molecule has 3 rings (SSSR count). The number of rotatable bonds is 6. The molecule has 0 saturated heterocycles. The van der Waals surface area contributed by atoms with Crippen LogP contribution in [0, 0.1) is 0 Å². The van der Waals surface area contributed by atoms with E-state index in [4.69, 9.17) is 21.9 Å². The van der Waals surface area contributed by atoms with Gasteiger partial charge >= 0.3 is 5.97 Å². The van der Waals surface area contributed by atoms with Crippen LogP contribution in [0.1, 0.15) is 17.5 Å². The Morgan fingerprint density at radius 2 is 1.66 bits per heavy atom. The Kier molecular flexibility index (Phi) is 9.64. The molecule has 4 atom stereocenters. The van der Waals surface area contributed by atoms with E-state index in [0.717, 1.165) is 4.90 Å². The predicted molar refractivity (Wildman–Crippen MR) is 139 cm³/mol. The summed E-state index contributed by atoms with van der Waals surface area (Å²) in [5.41, 5.74) is 19.3. The van der Waals surface area contributed by atoms with Crippen molar-refractivity contribution in [2.24, 2.45) is 17.2 Å². The lowest BCUT2D eigenvalue weighted by Crippen LogP contribution is -2.56. The zero-order valence-electron chi connectivity index (χ0n) is 21.2. The molecular formula is C26H35N5O7. The molecule has 0 spiro atoms. The smallest absolute Gasteiger partial charge is 0.329 e. The molecule has 38 heavy (non-hydrogen) atoms. The Morgan fingerprint density at radius 1 is 1.08 bits per heavy atom. The van der Waals surface area contributed by atoms with Crippen molar-refractivity contribution < 1.29 is 34.4 Å². The van der Waals surface area contributed by atoms with Gasteiger partial charge in [-0.1, -0.05) is 12.1 Å². The van der Waals surface area contributed by atoms with Crippen LogP contribution in [0.5, 0.6) is 11.5 Å². The first-order valence-electron chi connectivity index (χ1n) is 12.3. The fraction of sp³-hybridized carbons (Fsp3) is 0.423. The van der Waals surface area contributed by atoms with Gasteiger partial charge < -0.3 is 47.5 Å². The number of aliphatic hydroxyl groups excluding tert-OH is 1. The van der Waals surface area contributed by atoms with Gasteiger partial charge in [-0.05, 0) is 46.5 Å². The molecule has 0 radical (unpaired) electrons. The first-order valence-corrected chi connectivity index (χ1v) is 12.3. The summed E-state index contributed by atoms with van der Waals surface area (Å²) in [5, 5.41) is 33.7. The van der Waals surface area contributed by atoms with Crippen LogP contribution in [0.4, 0.5) is 0 Å². The summed E-state index contributed by atoms with van der Waals surface area (Å²) in [6.45, 7) is -0.182. The number of esters is 1. The van der Waals surface area contributed by atoms with Gasteiger partial charge in [0.1, 0.15) is 30.2 Å². The summed E-state index contributed by atoms with van der Waals surface area (Å²) in [6, 6.07) is 6.03. The van der Waals surface area contributed by atoms with Crippen LogP contribution in [-0.2, 0) is 32.0 Å². The van der Waals surface area contributed by atoms with Gasteiger partial charge in [-0.3, -0.25) is 9.59 Å². The fourth-order valence-corrected chi connectivity index (χ4v) is 4.30. The molecule has 0 fully saturated rings. The molecule has 2 aromatic carbocycles. The second-order valence-corrected chi connectivity index (χ2v) is 9.31. The van der Waals surface area contributed by atoms with Crippen molar-refractivity contribution in [2.75, 3.05) is 26.7 Å². The summed E-state index contributed by atoms with van der Waals surface area (Å²) in [7, 11) is 1.37. The molecule has 0 aliphatic carbocycles. The number of aliphatic hydroxyl groups is 1. The van der Waals surface area contributed by atoms with Gasteiger partial charge in [0, 0.05) is 39.4 Å². The predicted octanol–water partition coefficient (Wildman–Crippen LogP) is -1.29. The first kappa shape index (κ1) is 28.9. The van der Waals surface area contributed by atoms with Crippen molar-refractivity contribution in [1.82, 2.24) is 10.2 Å². The third-order valence-electron chi connectivity index (χ3n) is 6.53. The van der Waals surface area contributed by atoms with E-state index < -0.39 is 42.0 Å². The molecule has 1 aliphatic heterocycles. The number of amides is 2. The van der Waals surface area contributed by atoms with Gasteiger partial charge in [0.2, 0.25) is 11.8 Å². The molecule has 12 heteroatoms. The number of ether oxygens (including phenoxy) is 1. The molecule has 2 aromatic rings. The third kappa shape index (κ3) is 6.78. The second-order valence-electron chi connectivity index (χ2n) is 9.31. The van der Waals surface area contributed by atoms with E-state index in [1.54, 1.807) is 24.3 Å². The van der Waals surface area contributed by atoms with E-state index in [9.17, 15) is 29.7 Å². The van der Waals surface area contributed by atoms with Gasteiger partial charge in [-0.15, -0.1) is 0 Å². The number of nitrogens with two attached hydrogens (primary N) is 3. The third-order valence-corrected chi connectivity index (χ3v) is 6.53. The van der Waals surface area contributed by atoms with Crippen molar-refractivity contribution in [3.63, 3.8) is 0 Å². The Hall–Kier alpha value is -3.71. The summed E-state index contributed by atoms with van der Waals surface area (Å²) < 4.78 is 5.23. The quantitative estimate of drug-likeness (QED) is 0.220. The number of phenols is 2. The van der Waals surface area contributed by atoms with Crippen LogP contribution in [0.25, 0.3) is 11.1 Å². The van der Waals surface area contributed by atoms with Crippen molar-refractivity contribution >= 4 is 17.8 Å². The van der Waals surface area contributed by atoms with Crippen molar-refractivity contribution in [2.45, 2.75) is 43.5 Å². The lowest BCUT2D eigenvalue weighted by Gasteiger charge is -2.31. The number of phenolic OH excluding ortho intramolecular Hbond substituents is 2. The molecule has 12 nitrogen and oxygen atoms in total. The molecule has 0 aromatic heterocycles. The number of hydrogen-bond donors (Lipinski definition) is 7. The molecule has 0 saturated carbocycles. The summed E-state index contributed by atoms with van der Waals surface area (Å²) >= 11 is 0. The van der Waals surface area contributed by atoms with Gasteiger partial charge in [0.15, 0.2) is 0 Å². The number of carbonyl (C=O) groups excluding carboxylic acids is 3. The van der Waals surface area contributed by atoms with E-state index in [1.807, 2.05) is 0 Å². The maximum atomic E-state index is 13.6. The van der Waals surface area contributed by atoms with Gasteiger partial charge in [-0.25, -0.2) is 4.79 Å². The molecule has 10 N–H and O–H groups in total. The molecule has 1 aliphatic rings. The first-order chi connectivity index (χ1) is 18.0. The van der Waals surface area contributed by atoms with Gasteiger partial charge in [0.05, 0.1) is 12.1 Å². The van der Waals surface area contributed by atoms with E-state index >= 15 is 0 Å². The highest BCUT2D eigenvalue weighted by Crippen LogP contribution is 2.31. The summed E-state index contributed by atoms with van der Waals surface area (Å²) in [6.07, 6.45) is -1.51. The van der Waals surface area contributed by atoms with E-state index in [0.29, 0.717) is 22.3 Å². The lowest BCUT2D eigenvalue weighted by atomic mass is 9.95. The molecule has 206 valence electrons. The number of benzene rings is 2. The van der Waals surface area contributed by atoms with Crippen molar-refractivity contribution in [3.8, 4) is 22.6 Å². The molecule has 4 bridgehead atoms. The minimum Gasteiger partial charge on any atom is -0.508 e. The van der Waals surface area contributed by atoms with Crippen LogP contribution in [0.15, 0.2) is 36.4 Å². The van der Waals surface area contributed by atoms with Crippen LogP contribution in [0.2, 0.25) is 0 Å². The monoisotopic (exact) mass is 529 g/mol. The molecule has 2 amide bonds. The number of nitrogens with zero attached hydrogens (tertiary/aromatic N) is 1. The minimum absolute atomic E-state index is 0.0410. The number of aromatic hydroxyl groups is 2. The highest BCUT2D eigenvalue weighted by molar-refractivity contribution is 5.92. The molecule has 1 heterocycles. The van der Waals surface area contributed by atoms with Crippen LogP contribution >= 0.6 is 0 Å². The van der Waals surface area contributed by atoms with Gasteiger partial charge in [-0.2, -0.15) is 0 Å². The average Bonchev–Trinajstić information content (AvgIpc) is 2.90. The number of carbonyl (C=O) groups is 3. The lowest BCUT2D eigenvalue weighted by molar-refractivity contribution is -0.155. The SMILES string of the molecule is CN1C(=O)[C@H](C[C@@H](O)CN)NC(=O)[C@@H](N)Cc2cc(ccc2O)-c2ccc(O)c(c2)C[C@H]1C(=O)OCCN. The Labute approximate surface area is 220 Å². The van der Waals surface area contributed by atoms with Crippen LogP contribution in [-0.4, -0.2) is 89.0 Å². The standard InChI is InChI=1S/C26H35N5O7/c1-31-21(26(37)38-7-6-27)11-17-9-15(3-5-23(17)34)14-2-4-22(33)16(8-14)10-19(29)24(35)30-20(25(31)36)12-18(32)13-28/h2-5,8-9,18-21,32-34H,6-7,10-13,27-29H2,1H3,(H,30,35)/t18-,19+,20+,21+/m1/s1. The highest BCUT2D eigenvalue weighted by atomic mass is 16.5. The van der Waals surface area contributed by atoms with Crippen LogP contribution in [0.3, 0.4) is 0 Å². The number of nitrogens with one attached hydrogen (secondary N) is 1. The Balaban J connectivity index is 2.15. The zero-order valence-corrected chi connectivity index (χ0v) is 21.2. The summed E-state index contributed by atoms with van der Waals surface area (Å²) in [4.78, 5) is 40.7. The van der Waals surface area contributed by atoms with Crippen LogP contribution < -0.4 is 22.5 Å². The van der Waals surface area contributed by atoms with Crippen molar-refractivity contribution in [3.05, 3.63) is 47.5 Å². The topological polar surface area (TPSA) is 214 Å².